The summed E-state index contributed by atoms with van der Waals surface area (Å²) >= 11 is 7.29. The molecule has 0 radical (unpaired) electrons. The number of thiazole rings is 1. The molecule has 0 bridgehead atoms. The fraction of sp³-hybridized carbons (Fsp3) is 0.333. The molecule has 0 fully saturated rings. The monoisotopic (exact) mass is 323 g/mol. The number of rotatable bonds is 5. The van der Waals surface area contributed by atoms with E-state index in [1.165, 1.54) is 11.3 Å². The Morgan fingerprint density at radius 2 is 2.10 bits per heavy atom. The summed E-state index contributed by atoms with van der Waals surface area (Å²) in [5.41, 5.74) is 7.21. The Labute approximate surface area is 133 Å². The first-order chi connectivity index (χ1) is 10.0. The minimum Gasteiger partial charge on any atom is -0.344 e. The zero-order valence-corrected chi connectivity index (χ0v) is 13.5. The van der Waals surface area contributed by atoms with Crippen molar-refractivity contribution in [3.05, 3.63) is 50.9 Å². The summed E-state index contributed by atoms with van der Waals surface area (Å²) in [6.07, 6.45) is 0.789. The molecular formula is C15H18ClN3OS. The molecule has 0 spiro atoms. The van der Waals surface area contributed by atoms with Crippen LogP contribution in [0, 0.1) is 0 Å². The van der Waals surface area contributed by atoms with Crippen LogP contribution in [0.15, 0.2) is 29.6 Å². The number of hydrogen-bond donors (Lipinski definition) is 2. The van der Waals surface area contributed by atoms with Gasteiger partial charge in [-0.1, -0.05) is 30.7 Å². The summed E-state index contributed by atoms with van der Waals surface area (Å²) in [6.45, 7) is 3.87. The lowest BCUT2D eigenvalue weighted by molar-refractivity contribution is 0.0931. The Hall–Kier alpha value is -1.43. The Balaban J connectivity index is 2.10. The molecule has 0 aliphatic rings. The molecule has 112 valence electrons. The summed E-state index contributed by atoms with van der Waals surface area (Å²) in [4.78, 5) is 16.5. The number of nitrogens with two attached hydrogens (primary N) is 1. The maximum absolute atomic E-state index is 12.3. The molecule has 1 aromatic carbocycles. The number of nitrogens with one attached hydrogen (secondary N) is 1. The quantitative estimate of drug-likeness (QED) is 0.881. The molecule has 4 nitrogen and oxygen atoms in total. The van der Waals surface area contributed by atoms with E-state index < -0.39 is 0 Å². The summed E-state index contributed by atoms with van der Waals surface area (Å²) in [5.74, 6) is -0.181. The number of carbonyl (C=O) groups excluding carboxylic acids is 1. The van der Waals surface area contributed by atoms with Crippen LogP contribution in [0.25, 0.3) is 0 Å². The Kier molecular flexibility index (Phi) is 5.33. The van der Waals surface area contributed by atoms with Gasteiger partial charge in [0.1, 0.15) is 10.7 Å². The molecule has 2 rings (SSSR count). The van der Waals surface area contributed by atoms with Crippen LogP contribution in [0.4, 0.5) is 0 Å². The number of nitrogens with zero attached hydrogens (tertiary/aromatic N) is 1. The van der Waals surface area contributed by atoms with Crippen LogP contribution in [0.1, 0.15) is 53.4 Å². The van der Waals surface area contributed by atoms with Crippen LogP contribution in [-0.4, -0.2) is 10.9 Å². The largest absolute Gasteiger partial charge is 0.344 e. The normalized spacial score (nSPS) is 13.7. The first-order valence-electron chi connectivity index (χ1n) is 6.78. The van der Waals surface area contributed by atoms with Crippen LogP contribution >= 0.6 is 22.9 Å². The lowest BCUT2D eigenvalue weighted by Crippen LogP contribution is -2.28. The highest BCUT2D eigenvalue weighted by atomic mass is 35.5. The van der Waals surface area contributed by atoms with E-state index in [9.17, 15) is 4.79 Å². The van der Waals surface area contributed by atoms with E-state index in [4.69, 9.17) is 17.3 Å². The number of halogens is 1. The smallest absolute Gasteiger partial charge is 0.271 e. The van der Waals surface area contributed by atoms with Gasteiger partial charge in [-0.2, -0.15) is 0 Å². The van der Waals surface area contributed by atoms with Gasteiger partial charge in [-0.3, -0.25) is 4.79 Å². The average Bonchev–Trinajstić information content (AvgIpc) is 2.96. The highest BCUT2D eigenvalue weighted by molar-refractivity contribution is 7.09. The molecule has 2 unspecified atom stereocenters. The number of benzene rings is 1. The van der Waals surface area contributed by atoms with Gasteiger partial charge in [0.25, 0.3) is 5.91 Å². The third kappa shape index (κ3) is 4.03. The summed E-state index contributed by atoms with van der Waals surface area (Å²) < 4.78 is 0. The number of hydrogen-bond acceptors (Lipinski definition) is 4. The molecule has 2 aromatic rings. The van der Waals surface area contributed by atoms with Crippen molar-refractivity contribution in [2.45, 2.75) is 32.4 Å². The van der Waals surface area contributed by atoms with Gasteiger partial charge < -0.3 is 11.1 Å². The van der Waals surface area contributed by atoms with Crippen molar-refractivity contribution in [2.24, 2.45) is 5.73 Å². The van der Waals surface area contributed by atoms with Crippen molar-refractivity contribution in [1.82, 2.24) is 10.3 Å². The molecule has 0 saturated heterocycles. The molecule has 6 heteroatoms. The fourth-order valence-corrected chi connectivity index (χ4v) is 2.83. The second-order valence-electron chi connectivity index (χ2n) is 4.85. The van der Waals surface area contributed by atoms with Crippen molar-refractivity contribution in [3.63, 3.8) is 0 Å². The molecule has 21 heavy (non-hydrogen) atoms. The molecule has 1 amide bonds. The SMILES string of the molecule is CCC(NC(=O)c1csc(C(C)N)n1)c1ccc(Cl)cc1. The van der Waals surface area contributed by atoms with Gasteiger partial charge in [-0.15, -0.1) is 11.3 Å². The molecule has 3 N–H and O–H groups in total. The van der Waals surface area contributed by atoms with E-state index in [0.29, 0.717) is 10.7 Å². The Morgan fingerprint density at radius 1 is 1.43 bits per heavy atom. The maximum atomic E-state index is 12.3. The van der Waals surface area contributed by atoms with Crippen LogP contribution in [-0.2, 0) is 0 Å². The maximum Gasteiger partial charge on any atom is 0.271 e. The van der Waals surface area contributed by atoms with Gasteiger partial charge in [-0.25, -0.2) is 4.98 Å². The molecule has 2 atom stereocenters. The first kappa shape index (κ1) is 15.9. The van der Waals surface area contributed by atoms with Gasteiger partial charge in [0.2, 0.25) is 0 Å². The van der Waals surface area contributed by atoms with Gasteiger partial charge in [0.15, 0.2) is 0 Å². The molecule has 1 aromatic heterocycles. The molecule has 0 aliphatic heterocycles. The van der Waals surface area contributed by atoms with Crippen LogP contribution in [0.2, 0.25) is 5.02 Å². The van der Waals surface area contributed by atoms with Crippen LogP contribution in [0.3, 0.4) is 0 Å². The minimum absolute atomic E-state index is 0.0600. The lowest BCUT2D eigenvalue weighted by Gasteiger charge is -2.16. The Bertz CT molecular complexity index is 610. The predicted octanol–water partition coefficient (Wildman–Crippen LogP) is 3.70. The number of amides is 1. The van der Waals surface area contributed by atoms with Crippen LogP contribution in [0.5, 0.6) is 0 Å². The van der Waals surface area contributed by atoms with Gasteiger partial charge in [0, 0.05) is 10.4 Å². The molecule has 1 heterocycles. The minimum atomic E-state index is -0.181. The third-order valence-corrected chi connectivity index (χ3v) is 4.43. The zero-order chi connectivity index (χ0) is 15.4. The lowest BCUT2D eigenvalue weighted by atomic mass is 10.0. The van der Waals surface area contributed by atoms with E-state index >= 15 is 0 Å². The molecular weight excluding hydrogens is 306 g/mol. The van der Waals surface area contributed by atoms with Gasteiger partial charge >= 0.3 is 0 Å². The van der Waals surface area contributed by atoms with E-state index in [2.05, 4.69) is 10.3 Å². The van der Waals surface area contributed by atoms with Crippen molar-refractivity contribution in [2.75, 3.05) is 0 Å². The number of carbonyl (C=O) groups is 1. The fourth-order valence-electron chi connectivity index (χ4n) is 1.95. The molecule has 0 aliphatic carbocycles. The standard InChI is InChI=1S/C15H18ClN3OS/c1-3-12(10-4-6-11(16)7-5-10)18-14(20)13-8-21-15(19-13)9(2)17/h4-9,12H,3,17H2,1-2H3,(H,18,20). The molecule has 0 saturated carbocycles. The predicted molar refractivity (Wildman–Crippen MR) is 86.7 cm³/mol. The summed E-state index contributed by atoms with van der Waals surface area (Å²) in [5, 5.41) is 6.18. The number of aromatic nitrogens is 1. The van der Waals surface area contributed by atoms with E-state index in [1.54, 1.807) is 5.38 Å². The van der Waals surface area contributed by atoms with E-state index in [-0.39, 0.29) is 18.0 Å². The zero-order valence-electron chi connectivity index (χ0n) is 12.0. The highest BCUT2D eigenvalue weighted by Gasteiger charge is 2.17. The average molecular weight is 324 g/mol. The van der Waals surface area contributed by atoms with Gasteiger partial charge in [-0.05, 0) is 31.0 Å². The second kappa shape index (κ2) is 7.02. The van der Waals surface area contributed by atoms with Crippen molar-refractivity contribution < 1.29 is 4.79 Å². The highest BCUT2D eigenvalue weighted by Crippen LogP contribution is 2.21. The van der Waals surface area contributed by atoms with E-state index in [1.807, 2.05) is 38.1 Å². The van der Waals surface area contributed by atoms with Crippen LogP contribution < -0.4 is 11.1 Å². The Morgan fingerprint density at radius 3 is 2.62 bits per heavy atom. The van der Waals surface area contributed by atoms with Crippen molar-refractivity contribution >= 4 is 28.8 Å². The summed E-state index contributed by atoms with van der Waals surface area (Å²) in [6, 6.07) is 7.27. The van der Waals surface area contributed by atoms with Gasteiger partial charge in [0.05, 0.1) is 12.1 Å². The topological polar surface area (TPSA) is 68.0 Å². The van der Waals surface area contributed by atoms with Crippen molar-refractivity contribution in [3.8, 4) is 0 Å². The van der Waals surface area contributed by atoms with Crippen molar-refractivity contribution in [1.29, 1.82) is 0 Å². The first-order valence-corrected chi connectivity index (χ1v) is 8.04. The summed E-state index contributed by atoms with van der Waals surface area (Å²) in [7, 11) is 0. The second-order valence-corrected chi connectivity index (χ2v) is 6.17. The third-order valence-electron chi connectivity index (χ3n) is 3.13. The van der Waals surface area contributed by atoms with E-state index in [0.717, 1.165) is 17.0 Å².